The first kappa shape index (κ1) is 18.9. The van der Waals surface area contributed by atoms with Crippen LogP contribution in [0, 0.1) is 0 Å². The van der Waals surface area contributed by atoms with Gasteiger partial charge in [-0.1, -0.05) is 19.1 Å². The number of halogens is 3. The molecule has 3 rings (SSSR count). The lowest BCUT2D eigenvalue weighted by atomic mass is 9.96. The molecule has 1 aliphatic heterocycles. The number of carbonyl (C=O) groups is 1. The minimum atomic E-state index is -4.33. The topological polar surface area (TPSA) is 29.5 Å². The molecular formula is C19H20F3NO2S. The third-order valence-corrected chi connectivity index (χ3v) is 5.47. The van der Waals surface area contributed by atoms with E-state index in [9.17, 15) is 18.0 Å². The fourth-order valence-corrected chi connectivity index (χ4v) is 4.20. The molecule has 0 N–H and O–H groups in total. The average molecular weight is 383 g/mol. The van der Waals surface area contributed by atoms with Crippen LogP contribution in [-0.4, -0.2) is 30.1 Å². The predicted molar refractivity (Wildman–Crippen MR) is 94.2 cm³/mol. The summed E-state index contributed by atoms with van der Waals surface area (Å²) in [5, 5.41) is 2.07. The second kappa shape index (κ2) is 7.80. The first-order chi connectivity index (χ1) is 12.4. The zero-order valence-electron chi connectivity index (χ0n) is 14.4. The molecule has 7 heteroatoms. The Kier molecular flexibility index (Phi) is 5.67. The number of nitrogens with zero attached hydrogens (tertiary/aromatic N) is 1. The van der Waals surface area contributed by atoms with Gasteiger partial charge in [0.2, 0.25) is 0 Å². The van der Waals surface area contributed by atoms with E-state index in [1.165, 1.54) is 10.4 Å². The molecule has 0 aliphatic carbocycles. The van der Waals surface area contributed by atoms with Crippen molar-refractivity contribution in [1.82, 2.24) is 4.90 Å². The highest BCUT2D eigenvalue weighted by Gasteiger charge is 2.31. The molecule has 26 heavy (non-hydrogen) atoms. The number of amides is 1. The molecule has 140 valence electrons. The predicted octanol–water partition coefficient (Wildman–Crippen LogP) is 4.98. The van der Waals surface area contributed by atoms with Gasteiger partial charge in [-0.2, -0.15) is 13.2 Å². The first-order valence-corrected chi connectivity index (χ1v) is 9.37. The molecule has 0 bridgehead atoms. The Morgan fingerprint density at radius 3 is 2.65 bits per heavy atom. The van der Waals surface area contributed by atoms with Gasteiger partial charge in [-0.05, 0) is 47.5 Å². The van der Waals surface area contributed by atoms with E-state index in [1.54, 1.807) is 35.6 Å². The van der Waals surface area contributed by atoms with Crippen LogP contribution in [0.5, 0.6) is 0 Å². The summed E-state index contributed by atoms with van der Waals surface area (Å²) in [6.45, 7) is 1.34. The molecule has 0 saturated carbocycles. The average Bonchev–Trinajstić information content (AvgIpc) is 3.08. The van der Waals surface area contributed by atoms with E-state index in [-0.39, 0.29) is 18.6 Å². The zero-order valence-corrected chi connectivity index (χ0v) is 15.2. The lowest BCUT2D eigenvalue weighted by Crippen LogP contribution is -2.39. The van der Waals surface area contributed by atoms with Crippen molar-refractivity contribution >= 4 is 17.2 Å². The molecule has 0 spiro atoms. The van der Waals surface area contributed by atoms with E-state index >= 15 is 0 Å². The quantitative estimate of drug-likeness (QED) is 0.729. The Bertz CT molecular complexity index is 755. The number of benzene rings is 1. The van der Waals surface area contributed by atoms with E-state index in [1.807, 2.05) is 4.90 Å². The highest BCUT2D eigenvalue weighted by Crippen LogP contribution is 2.36. The number of hydrogen-bond acceptors (Lipinski definition) is 3. The fourth-order valence-electron chi connectivity index (χ4n) is 3.27. The summed E-state index contributed by atoms with van der Waals surface area (Å²) in [4.78, 5) is 16.1. The van der Waals surface area contributed by atoms with Gasteiger partial charge in [-0.15, -0.1) is 11.3 Å². The second-order valence-electron chi connectivity index (χ2n) is 6.28. The minimum Gasteiger partial charge on any atom is -0.367 e. The number of fused-ring (bicyclic) bond motifs is 1. The molecule has 1 amide bonds. The summed E-state index contributed by atoms with van der Waals surface area (Å²) in [6.07, 6.45) is -2.63. The van der Waals surface area contributed by atoms with Crippen LogP contribution in [0.15, 0.2) is 35.7 Å². The van der Waals surface area contributed by atoms with Gasteiger partial charge in [-0.3, -0.25) is 4.79 Å². The van der Waals surface area contributed by atoms with Gasteiger partial charge in [0, 0.05) is 17.0 Å². The van der Waals surface area contributed by atoms with E-state index < -0.39 is 12.8 Å². The van der Waals surface area contributed by atoms with Crippen LogP contribution < -0.4 is 0 Å². The third kappa shape index (κ3) is 4.27. The van der Waals surface area contributed by atoms with Crippen molar-refractivity contribution in [1.29, 1.82) is 0 Å². The SMILES string of the molecule is CCC1c2ccsc2CCN1C(=O)c1ccc(COCC(F)(F)F)cc1. The Morgan fingerprint density at radius 1 is 1.27 bits per heavy atom. The van der Waals surface area contributed by atoms with Crippen molar-refractivity contribution < 1.29 is 22.7 Å². The molecule has 1 atom stereocenters. The standard InChI is InChI=1S/C19H20F3NO2S/c1-2-16-15-8-10-26-17(15)7-9-23(16)18(24)14-5-3-13(4-6-14)11-25-12-19(20,21)22/h3-6,8,10,16H,2,7,9,11-12H2,1H3. The molecule has 0 fully saturated rings. The van der Waals surface area contributed by atoms with Crippen molar-refractivity contribution in [2.45, 2.75) is 38.6 Å². The number of alkyl halides is 3. The highest BCUT2D eigenvalue weighted by molar-refractivity contribution is 7.10. The maximum Gasteiger partial charge on any atom is 0.411 e. The lowest BCUT2D eigenvalue weighted by molar-refractivity contribution is -0.176. The van der Waals surface area contributed by atoms with Crippen molar-refractivity contribution in [3.8, 4) is 0 Å². The van der Waals surface area contributed by atoms with E-state index in [0.717, 1.165) is 12.8 Å². The van der Waals surface area contributed by atoms with E-state index in [4.69, 9.17) is 0 Å². The third-order valence-electron chi connectivity index (χ3n) is 4.48. The molecule has 3 nitrogen and oxygen atoms in total. The molecule has 0 radical (unpaired) electrons. The van der Waals surface area contributed by atoms with Crippen LogP contribution in [0.2, 0.25) is 0 Å². The number of carbonyl (C=O) groups excluding carboxylic acids is 1. The lowest BCUT2D eigenvalue weighted by Gasteiger charge is -2.35. The number of thiophene rings is 1. The van der Waals surface area contributed by atoms with Crippen molar-refractivity contribution in [3.63, 3.8) is 0 Å². The van der Waals surface area contributed by atoms with Crippen LogP contribution in [0.4, 0.5) is 13.2 Å². The smallest absolute Gasteiger partial charge is 0.367 e. The molecule has 1 unspecified atom stereocenters. The number of rotatable bonds is 5. The maximum atomic E-state index is 12.9. The van der Waals surface area contributed by atoms with Crippen molar-refractivity contribution in [3.05, 3.63) is 57.3 Å². The first-order valence-electron chi connectivity index (χ1n) is 8.49. The Hall–Kier alpha value is -1.86. The summed E-state index contributed by atoms with van der Waals surface area (Å²) >= 11 is 1.73. The van der Waals surface area contributed by atoms with Crippen molar-refractivity contribution in [2.24, 2.45) is 0 Å². The molecule has 1 aliphatic rings. The van der Waals surface area contributed by atoms with Gasteiger partial charge in [0.25, 0.3) is 5.91 Å². The summed E-state index contributed by atoms with van der Waals surface area (Å²) in [7, 11) is 0. The van der Waals surface area contributed by atoms with Gasteiger partial charge in [0.15, 0.2) is 0 Å². The van der Waals surface area contributed by atoms with Gasteiger partial charge in [0.05, 0.1) is 12.6 Å². The zero-order chi connectivity index (χ0) is 18.7. The Morgan fingerprint density at radius 2 is 2.00 bits per heavy atom. The molecule has 0 saturated heterocycles. The van der Waals surface area contributed by atoms with Gasteiger partial charge < -0.3 is 9.64 Å². The molecular weight excluding hydrogens is 363 g/mol. The Balaban J connectivity index is 1.66. The summed E-state index contributed by atoms with van der Waals surface area (Å²) in [6, 6.07) is 8.77. The van der Waals surface area contributed by atoms with Crippen LogP contribution in [0.1, 0.15) is 45.7 Å². The monoisotopic (exact) mass is 383 g/mol. The van der Waals surface area contributed by atoms with Gasteiger partial charge in [-0.25, -0.2) is 0 Å². The normalized spacial score (nSPS) is 17.2. The van der Waals surface area contributed by atoms with E-state index in [2.05, 4.69) is 23.1 Å². The fraction of sp³-hybridized carbons (Fsp3) is 0.421. The molecule has 1 aromatic carbocycles. The highest BCUT2D eigenvalue weighted by atomic mass is 32.1. The van der Waals surface area contributed by atoms with Crippen LogP contribution in [0.3, 0.4) is 0 Å². The molecule has 2 heterocycles. The van der Waals surface area contributed by atoms with Crippen LogP contribution >= 0.6 is 11.3 Å². The second-order valence-corrected chi connectivity index (χ2v) is 7.28. The van der Waals surface area contributed by atoms with Crippen LogP contribution in [-0.2, 0) is 17.8 Å². The summed E-state index contributed by atoms with van der Waals surface area (Å²) in [5.41, 5.74) is 2.38. The van der Waals surface area contributed by atoms with Crippen LogP contribution in [0.25, 0.3) is 0 Å². The largest absolute Gasteiger partial charge is 0.411 e. The molecule has 2 aromatic rings. The number of hydrogen-bond donors (Lipinski definition) is 0. The summed E-state index contributed by atoms with van der Waals surface area (Å²) < 4.78 is 41.0. The Labute approximate surface area is 154 Å². The van der Waals surface area contributed by atoms with Gasteiger partial charge >= 0.3 is 6.18 Å². The minimum absolute atomic E-state index is 0.0449. The molecule has 1 aromatic heterocycles. The number of ether oxygens (including phenoxy) is 1. The van der Waals surface area contributed by atoms with Gasteiger partial charge in [0.1, 0.15) is 6.61 Å². The van der Waals surface area contributed by atoms with Crippen molar-refractivity contribution in [2.75, 3.05) is 13.2 Å². The maximum absolute atomic E-state index is 12.9. The van der Waals surface area contributed by atoms with E-state index in [0.29, 0.717) is 17.7 Å². The summed E-state index contributed by atoms with van der Waals surface area (Å²) in [5.74, 6) is -0.0449.